The topological polar surface area (TPSA) is 107 Å². The van der Waals surface area contributed by atoms with Crippen LogP contribution < -0.4 is 9.84 Å². The van der Waals surface area contributed by atoms with E-state index in [2.05, 4.69) is 0 Å². The number of aliphatic hydroxyl groups is 1. The summed E-state index contributed by atoms with van der Waals surface area (Å²) in [5.74, 6) is -3.03. The number of carboxylic acids is 1. The molecule has 1 aliphatic rings. The van der Waals surface area contributed by atoms with Gasteiger partial charge in [0.25, 0.3) is 11.7 Å². The van der Waals surface area contributed by atoms with E-state index in [-0.39, 0.29) is 17.9 Å². The number of carbonyl (C=O) groups excluding carboxylic acids is 3. The van der Waals surface area contributed by atoms with Crippen molar-refractivity contribution in [2.75, 3.05) is 13.7 Å². The minimum Gasteiger partial charge on any atom is -0.550 e. The van der Waals surface area contributed by atoms with E-state index in [9.17, 15) is 24.6 Å². The molecule has 2 aromatic carbocycles. The molecule has 29 heavy (non-hydrogen) atoms. The third kappa shape index (κ3) is 4.09. The van der Waals surface area contributed by atoms with Gasteiger partial charge in [-0.3, -0.25) is 9.59 Å². The monoisotopic (exact) mass is 414 g/mol. The third-order valence-electron chi connectivity index (χ3n) is 4.62. The molecular formula is C21H17ClNO6-. The van der Waals surface area contributed by atoms with Gasteiger partial charge in [0.05, 0.1) is 18.7 Å². The van der Waals surface area contributed by atoms with Crippen molar-refractivity contribution in [1.29, 1.82) is 0 Å². The fourth-order valence-corrected chi connectivity index (χ4v) is 3.37. The van der Waals surface area contributed by atoms with Crippen molar-refractivity contribution < 1.29 is 29.3 Å². The van der Waals surface area contributed by atoms with Crippen LogP contribution in [0.25, 0.3) is 5.76 Å². The van der Waals surface area contributed by atoms with Crippen LogP contribution in [-0.4, -0.2) is 41.3 Å². The smallest absolute Gasteiger partial charge is 0.295 e. The first-order valence-electron chi connectivity index (χ1n) is 8.71. The molecule has 150 valence electrons. The van der Waals surface area contributed by atoms with Crippen molar-refractivity contribution in [1.82, 2.24) is 4.90 Å². The second kappa shape index (κ2) is 8.36. The highest BCUT2D eigenvalue weighted by Gasteiger charge is 2.45. The highest BCUT2D eigenvalue weighted by Crippen LogP contribution is 2.40. The number of nitrogens with zero attached hydrogens (tertiary/aromatic N) is 1. The van der Waals surface area contributed by atoms with E-state index in [0.29, 0.717) is 21.9 Å². The lowest BCUT2D eigenvalue weighted by atomic mass is 9.95. The maximum absolute atomic E-state index is 12.8. The number of rotatable bonds is 6. The molecule has 1 heterocycles. The van der Waals surface area contributed by atoms with Crippen molar-refractivity contribution in [2.45, 2.75) is 12.5 Å². The molecule has 0 aliphatic carbocycles. The quantitative estimate of drug-likeness (QED) is 0.439. The molecule has 8 heteroatoms. The van der Waals surface area contributed by atoms with Crippen LogP contribution >= 0.6 is 11.6 Å². The van der Waals surface area contributed by atoms with E-state index in [0.717, 1.165) is 4.90 Å². The van der Waals surface area contributed by atoms with Gasteiger partial charge in [0, 0.05) is 29.5 Å². The predicted octanol–water partition coefficient (Wildman–Crippen LogP) is 1.91. The molecule has 0 aromatic heterocycles. The number of hydrogen-bond donors (Lipinski definition) is 1. The number of carboxylic acid groups (broad SMARTS) is 1. The number of likely N-dealkylation sites (tertiary alicyclic amines) is 1. The highest BCUT2D eigenvalue weighted by atomic mass is 35.5. The second-order valence-electron chi connectivity index (χ2n) is 6.40. The first-order valence-corrected chi connectivity index (χ1v) is 9.09. The summed E-state index contributed by atoms with van der Waals surface area (Å²) in [6.07, 6.45) is -0.450. The number of hydrogen-bond acceptors (Lipinski definition) is 6. The Morgan fingerprint density at radius 1 is 1.21 bits per heavy atom. The molecular weight excluding hydrogens is 398 g/mol. The number of aliphatic carboxylic acids is 1. The van der Waals surface area contributed by atoms with E-state index >= 15 is 0 Å². The van der Waals surface area contributed by atoms with Gasteiger partial charge in [0.15, 0.2) is 0 Å². The van der Waals surface area contributed by atoms with Gasteiger partial charge in [-0.15, -0.1) is 0 Å². The van der Waals surface area contributed by atoms with Gasteiger partial charge in [-0.2, -0.15) is 0 Å². The van der Waals surface area contributed by atoms with Gasteiger partial charge in [0.2, 0.25) is 0 Å². The van der Waals surface area contributed by atoms with Crippen molar-refractivity contribution in [3.63, 3.8) is 0 Å². The first kappa shape index (κ1) is 20.4. The number of aliphatic hydroxyl groups excluding tert-OH is 1. The van der Waals surface area contributed by atoms with E-state index < -0.39 is 30.1 Å². The Morgan fingerprint density at radius 2 is 1.90 bits per heavy atom. The molecule has 1 N–H and O–H groups in total. The average molecular weight is 415 g/mol. The number of halogens is 1. The standard InChI is InChI=1S/C21H18ClNO6/c1-29-15-4-2-3-13(11-15)18-17(19(26)12-5-7-14(22)8-6-12)20(27)21(28)23(18)10-9-16(24)25/h2-8,11,18,26H,9-10H2,1H3,(H,24,25)/p-1/b19-17+/t18-/m1/s1. The van der Waals surface area contributed by atoms with E-state index in [1.54, 1.807) is 36.4 Å². The molecule has 1 fully saturated rings. The molecule has 0 unspecified atom stereocenters. The molecule has 7 nitrogen and oxygen atoms in total. The van der Waals surface area contributed by atoms with Crippen LogP contribution in [0.5, 0.6) is 5.75 Å². The van der Waals surface area contributed by atoms with Crippen LogP contribution in [0.15, 0.2) is 54.1 Å². The molecule has 0 saturated carbocycles. The molecule has 1 saturated heterocycles. The SMILES string of the molecule is COc1cccc([C@@H]2/C(=C(\O)c3ccc(Cl)cc3)C(=O)C(=O)N2CCC(=O)[O-])c1. The third-order valence-corrected chi connectivity index (χ3v) is 4.88. The van der Waals surface area contributed by atoms with Gasteiger partial charge in [-0.1, -0.05) is 23.7 Å². The Balaban J connectivity index is 2.16. The minimum atomic E-state index is -1.35. The first-order chi connectivity index (χ1) is 13.8. The molecule has 0 bridgehead atoms. The summed E-state index contributed by atoms with van der Waals surface area (Å²) in [5, 5.41) is 22.2. The van der Waals surface area contributed by atoms with Gasteiger partial charge in [-0.25, -0.2) is 0 Å². The average Bonchev–Trinajstić information content (AvgIpc) is 2.97. The van der Waals surface area contributed by atoms with Crippen molar-refractivity contribution in [3.8, 4) is 5.75 Å². The Hall–Kier alpha value is -3.32. The Labute approximate surface area is 171 Å². The van der Waals surface area contributed by atoms with E-state index in [1.165, 1.54) is 19.2 Å². The molecule has 0 spiro atoms. The molecule has 0 radical (unpaired) electrons. The lowest BCUT2D eigenvalue weighted by Gasteiger charge is -2.25. The summed E-state index contributed by atoms with van der Waals surface area (Å²) >= 11 is 5.88. The fourth-order valence-electron chi connectivity index (χ4n) is 3.24. The maximum atomic E-state index is 12.8. The normalized spacial score (nSPS) is 18.1. The van der Waals surface area contributed by atoms with E-state index in [4.69, 9.17) is 16.3 Å². The number of methoxy groups -OCH3 is 1. The predicted molar refractivity (Wildman–Crippen MR) is 103 cm³/mol. The lowest BCUT2D eigenvalue weighted by Crippen LogP contribution is -2.34. The van der Waals surface area contributed by atoms with Gasteiger partial charge in [0.1, 0.15) is 11.5 Å². The van der Waals surface area contributed by atoms with Crippen molar-refractivity contribution in [2.24, 2.45) is 0 Å². The number of carbonyl (C=O) groups is 3. The lowest BCUT2D eigenvalue weighted by molar-refractivity contribution is -0.305. The van der Waals surface area contributed by atoms with Crippen LogP contribution in [0.3, 0.4) is 0 Å². The minimum absolute atomic E-state index is 0.135. The molecule has 1 aliphatic heterocycles. The van der Waals surface area contributed by atoms with Crippen molar-refractivity contribution >= 4 is 35.0 Å². The zero-order valence-corrected chi connectivity index (χ0v) is 16.2. The Bertz CT molecular complexity index is 998. The maximum Gasteiger partial charge on any atom is 0.295 e. The zero-order chi connectivity index (χ0) is 21.1. The summed E-state index contributed by atoms with van der Waals surface area (Å²) in [4.78, 5) is 37.4. The summed E-state index contributed by atoms with van der Waals surface area (Å²) in [6.45, 7) is -0.244. The van der Waals surface area contributed by atoms with Crippen LogP contribution in [-0.2, 0) is 14.4 Å². The number of Topliss-reactive ketones (excluding diaryl/α,β-unsaturated/α-hetero) is 1. The molecule has 3 rings (SSSR count). The van der Waals surface area contributed by atoms with Gasteiger partial charge < -0.3 is 24.6 Å². The fraction of sp³-hybridized carbons (Fsp3) is 0.190. The highest BCUT2D eigenvalue weighted by molar-refractivity contribution is 6.46. The molecule has 1 atom stereocenters. The largest absolute Gasteiger partial charge is 0.550 e. The summed E-state index contributed by atoms with van der Waals surface area (Å²) < 4.78 is 5.21. The number of amides is 1. The van der Waals surface area contributed by atoms with Crippen LogP contribution in [0, 0.1) is 0 Å². The second-order valence-corrected chi connectivity index (χ2v) is 6.83. The van der Waals surface area contributed by atoms with Gasteiger partial charge >= 0.3 is 0 Å². The summed E-state index contributed by atoms with van der Waals surface area (Å²) in [6, 6.07) is 11.8. The number of ketones is 1. The number of ether oxygens (including phenoxy) is 1. The van der Waals surface area contributed by atoms with Crippen LogP contribution in [0.2, 0.25) is 5.02 Å². The Morgan fingerprint density at radius 3 is 2.52 bits per heavy atom. The number of benzene rings is 2. The van der Waals surface area contributed by atoms with Crippen molar-refractivity contribution in [3.05, 3.63) is 70.3 Å². The van der Waals surface area contributed by atoms with Crippen LogP contribution in [0.4, 0.5) is 0 Å². The van der Waals surface area contributed by atoms with E-state index in [1.807, 2.05) is 0 Å². The van der Waals surface area contributed by atoms with Crippen LogP contribution in [0.1, 0.15) is 23.6 Å². The molecule has 1 amide bonds. The summed E-state index contributed by atoms with van der Waals surface area (Å²) in [5.41, 5.74) is 0.668. The molecule has 2 aromatic rings. The Kier molecular flexibility index (Phi) is 5.89. The zero-order valence-electron chi connectivity index (χ0n) is 15.4. The van der Waals surface area contributed by atoms with Gasteiger partial charge in [-0.05, 0) is 42.0 Å². The summed E-state index contributed by atoms with van der Waals surface area (Å²) in [7, 11) is 1.47.